The zero-order chi connectivity index (χ0) is 9.26. The molecular weight excluding hydrogens is 186 g/mol. The fraction of sp³-hybridized carbons (Fsp3) is 0.100. The van der Waals surface area contributed by atoms with E-state index in [1.165, 1.54) is 0 Å². The Morgan fingerprint density at radius 3 is 2.46 bits per heavy atom. The zero-order valence-electron chi connectivity index (χ0n) is 6.88. The lowest BCUT2D eigenvalue weighted by molar-refractivity contribution is -0.118. The van der Waals surface area contributed by atoms with E-state index in [0.29, 0.717) is 11.4 Å². The van der Waals surface area contributed by atoms with Crippen LogP contribution in [-0.4, -0.2) is 5.91 Å². The predicted molar refractivity (Wildman–Crippen MR) is 52.2 cm³/mol. The SMILES string of the molecule is O=C1CC(c2ccc(Cl)cc2)=CN1. The van der Waals surface area contributed by atoms with Gasteiger partial charge in [-0.25, -0.2) is 0 Å². The lowest BCUT2D eigenvalue weighted by Gasteiger charge is -1.99. The average molecular weight is 194 g/mol. The van der Waals surface area contributed by atoms with Gasteiger partial charge in [-0.2, -0.15) is 0 Å². The van der Waals surface area contributed by atoms with E-state index in [1.807, 2.05) is 24.3 Å². The maximum Gasteiger partial charge on any atom is 0.228 e. The molecule has 13 heavy (non-hydrogen) atoms. The van der Waals surface area contributed by atoms with E-state index in [1.54, 1.807) is 6.20 Å². The van der Waals surface area contributed by atoms with Crippen LogP contribution in [0.2, 0.25) is 5.02 Å². The van der Waals surface area contributed by atoms with Crippen LogP contribution < -0.4 is 5.32 Å². The van der Waals surface area contributed by atoms with Crippen LogP contribution >= 0.6 is 11.6 Å². The average Bonchev–Trinajstić information content (AvgIpc) is 2.53. The summed E-state index contributed by atoms with van der Waals surface area (Å²) in [6.45, 7) is 0. The van der Waals surface area contributed by atoms with Crippen molar-refractivity contribution >= 4 is 23.1 Å². The maximum atomic E-state index is 10.9. The van der Waals surface area contributed by atoms with Gasteiger partial charge in [0.15, 0.2) is 0 Å². The van der Waals surface area contributed by atoms with Crippen molar-refractivity contribution in [3.63, 3.8) is 0 Å². The molecule has 0 atom stereocenters. The summed E-state index contributed by atoms with van der Waals surface area (Å²) in [6.07, 6.45) is 2.20. The Hall–Kier alpha value is -1.28. The van der Waals surface area contributed by atoms with Gasteiger partial charge in [0.1, 0.15) is 0 Å². The van der Waals surface area contributed by atoms with E-state index >= 15 is 0 Å². The van der Waals surface area contributed by atoms with Crippen molar-refractivity contribution in [2.75, 3.05) is 0 Å². The minimum Gasteiger partial charge on any atom is -0.332 e. The van der Waals surface area contributed by atoms with Gasteiger partial charge < -0.3 is 5.32 Å². The first kappa shape index (κ1) is 8.32. The van der Waals surface area contributed by atoms with E-state index < -0.39 is 0 Å². The Labute approximate surface area is 81.2 Å². The molecule has 1 amide bonds. The molecule has 66 valence electrons. The van der Waals surface area contributed by atoms with Gasteiger partial charge in [0.25, 0.3) is 0 Å². The molecule has 1 heterocycles. The van der Waals surface area contributed by atoms with Gasteiger partial charge in [-0.1, -0.05) is 23.7 Å². The summed E-state index contributed by atoms with van der Waals surface area (Å²) in [6, 6.07) is 7.46. The minimum absolute atomic E-state index is 0.0463. The number of rotatable bonds is 1. The second-order valence-electron chi connectivity index (χ2n) is 2.92. The van der Waals surface area contributed by atoms with Crippen molar-refractivity contribution in [2.45, 2.75) is 6.42 Å². The molecule has 1 N–H and O–H groups in total. The molecule has 2 nitrogen and oxygen atoms in total. The van der Waals surface area contributed by atoms with Gasteiger partial charge in [-0.05, 0) is 23.3 Å². The molecule has 3 heteroatoms. The molecule has 1 aliphatic rings. The fourth-order valence-corrected chi connectivity index (χ4v) is 1.42. The Bertz CT molecular complexity index is 367. The number of carbonyl (C=O) groups is 1. The fourth-order valence-electron chi connectivity index (χ4n) is 1.29. The van der Waals surface area contributed by atoms with Crippen molar-refractivity contribution in [1.29, 1.82) is 0 Å². The number of benzene rings is 1. The second-order valence-corrected chi connectivity index (χ2v) is 3.36. The van der Waals surface area contributed by atoms with Crippen LogP contribution in [0.4, 0.5) is 0 Å². The zero-order valence-corrected chi connectivity index (χ0v) is 7.64. The van der Waals surface area contributed by atoms with E-state index in [9.17, 15) is 4.79 Å². The normalized spacial score (nSPS) is 15.5. The van der Waals surface area contributed by atoms with E-state index in [2.05, 4.69) is 5.32 Å². The van der Waals surface area contributed by atoms with Gasteiger partial charge in [0, 0.05) is 11.2 Å². The molecule has 0 spiro atoms. The summed E-state index contributed by atoms with van der Waals surface area (Å²) < 4.78 is 0. The third kappa shape index (κ3) is 1.73. The highest BCUT2D eigenvalue weighted by atomic mass is 35.5. The van der Waals surface area contributed by atoms with Crippen molar-refractivity contribution in [3.8, 4) is 0 Å². The summed E-state index contributed by atoms with van der Waals surface area (Å²) in [5.41, 5.74) is 2.06. The first-order valence-corrected chi connectivity index (χ1v) is 4.38. The van der Waals surface area contributed by atoms with Gasteiger partial charge >= 0.3 is 0 Å². The van der Waals surface area contributed by atoms with Crippen LogP contribution in [-0.2, 0) is 4.79 Å². The number of nitrogens with one attached hydrogen (secondary N) is 1. The molecule has 0 fully saturated rings. The maximum absolute atomic E-state index is 10.9. The van der Waals surface area contributed by atoms with Gasteiger partial charge in [0.2, 0.25) is 5.91 Å². The molecule has 0 unspecified atom stereocenters. The van der Waals surface area contributed by atoms with Gasteiger partial charge in [-0.15, -0.1) is 0 Å². The molecule has 0 saturated heterocycles. The molecule has 1 aromatic carbocycles. The monoisotopic (exact) mass is 193 g/mol. The topological polar surface area (TPSA) is 29.1 Å². The Kier molecular flexibility index (Phi) is 2.07. The van der Waals surface area contributed by atoms with E-state index in [-0.39, 0.29) is 5.91 Å². The third-order valence-electron chi connectivity index (χ3n) is 1.97. The minimum atomic E-state index is 0.0463. The summed E-state index contributed by atoms with van der Waals surface area (Å²) >= 11 is 5.75. The summed E-state index contributed by atoms with van der Waals surface area (Å²) in [5, 5.41) is 3.36. The smallest absolute Gasteiger partial charge is 0.228 e. The van der Waals surface area contributed by atoms with Crippen LogP contribution in [0.3, 0.4) is 0 Å². The number of amides is 1. The molecule has 1 aromatic rings. The molecule has 0 aromatic heterocycles. The Balaban J connectivity index is 2.27. The van der Waals surface area contributed by atoms with Crippen LogP contribution in [0.5, 0.6) is 0 Å². The molecule has 0 bridgehead atoms. The number of hydrogen-bond acceptors (Lipinski definition) is 1. The first-order chi connectivity index (χ1) is 6.25. The largest absolute Gasteiger partial charge is 0.332 e. The highest BCUT2D eigenvalue weighted by molar-refractivity contribution is 6.30. The highest BCUT2D eigenvalue weighted by Gasteiger charge is 2.13. The summed E-state index contributed by atoms with van der Waals surface area (Å²) in [4.78, 5) is 10.9. The summed E-state index contributed by atoms with van der Waals surface area (Å²) in [7, 11) is 0. The lowest BCUT2D eigenvalue weighted by atomic mass is 10.1. The van der Waals surface area contributed by atoms with Crippen LogP contribution in [0.25, 0.3) is 5.57 Å². The van der Waals surface area contributed by atoms with Crippen LogP contribution in [0.15, 0.2) is 30.5 Å². The number of carbonyl (C=O) groups excluding carboxylic acids is 1. The molecular formula is C10H8ClNO. The van der Waals surface area contributed by atoms with E-state index in [4.69, 9.17) is 11.6 Å². The van der Waals surface area contributed by atoms with Crippen molar-refractivity contribution in [1.82, 2.24) is 5.32 Å². The number of hydrogen-bond donors (Lipinski definition) is 1. The predicted octanol–water partition coefficient (Wildman–Crippen LogP) is 2.20. The molecule has 0 saturated carbocycles. The quantitative estimate of drug-likeness (QED) is 0.728. The third-order valence-corrected chi connectivity index (χ3v) is 2.23. The molecule has 0 radical (unpaired) electrons. The first-order valence-electron chi connectivity index (χ1n) is 4.00. The summed E-state index contributed by atoms with van der Waals surface area (Å²) in [5.74, 6) is 0.0463. The Morgan fingerprint density at radius 2 is 1.92 bits per heavy atom. The lowest BCUT2D eigenvalue weighted by Crippen LogP contribution is -2.08. The van der Waals surface area contributed by atoms with Gasteiger partial charge in [0.05, 0.1) is 6.42 Å². The molecule has 0 aliphatic carbocycles. The van der Waals surface area contributed by atoms with Crippen molar-refractivity contribution < 1.29 is 4.79 Å². The van der Waals surface area contributed by atoms with E-state index in [0.717, 1.165) is 11.1 Å². The van der Waals surface area contributed by atoms with Gasteiger partial charge in [-0.3, -0.25) is 4.79 Å². The van der Waals surface area contributed by atoms with Crippen LogP contribution in [0, 0.1) is 0 Å². The highest BCUT2D eigenvalue weighted by Crippen LogP contribution is 2.22. The van der Waals surface area contributed by atoms with Crippen LogP contribution in [0.1, 0.15) is 12.0 Å². The number of halogens is 1. The van der Waals surface area contributed by atoms with Crippen molar-refractivity contribution in [3.05, 3.63) is 41.1 Å². The Morgan fingerprint density at radius 1 is 1.23 bits per heavy atom. The second kappa shape index (κ2) is 3.23. The standard InChI is InChI=1S/C10H8ClNO/c11-9-3-1-7(2-4-9)8-5-10(13)12-6-8/h1-4,6H,5H2,(H,12,13). The van der Waals surface area contributed by atoms with Crippen molar-refractivity contribution in [2.24, 2.45) is 0 Å². The molecule has 1 aliphatic heterocycles. The molecule has 2 rings (SSSR count).